The fourth-order valence-electron chi connectivity index (χ4n) is 2.93. The molecule has 0 saturated carbocycles. The predicted octanol–water partition coefficient (Wildman–Crippen LogP) is 1.96. The van der Waals surface area contributed by atoms with Gasteiger partial charge in [-0.1, -0.05) is 0 Å². The summed E-state index contributed by atoms with van der Waals surface area (Å²) in [5.41, 5.74) is 5.25. The maximum atomic E-state index is 4.63. The smallest absolute Gasteiger partial charge is 0.0922 e. The third kappa shape index (κ3) is 2.33. The fourth-order valence-corrected chi connectivity index (χ4v) is 2.93. The van der Waals surface area contributed by atoms with Crippen molar-refractivity contribution in [2.45, 2.75) is 32.6 Å². The topological polar surface area (TPSA) is 55.6 Å². The standard InChI is InChI=1S/C15H21N5/c1-10-15(11(2)20(3)19-10)14-9-17-13(8-18-14)12-5-4-6-16-7-12/h8-9,12,16H,4-7H2,1-3H3/t12-/m1/s1. The van der Waals surface area contributed by atoms with Gasteiger partial charge in [0.15, 0.2) is 0 Å². The Morgan fingerprint density at radius 2 is 2.10 bits per heavy atom. The highest BCUT2D eigenvalue weighted by atomic mass is 15.3. The summed E-state index contributed by atoms with van der Waals surface area (Å²) in [6.07, 6.45) is 6.24. The first-order valence-corrected chi connectivity index (χ1v) is 7.20. The number of piperidine rings is 1. The summed E-state index contributed by atoms with van der Waals surface area (Å²) >= 11 is 0. The Hall–Kier alpha value is -1.75. The van der Waals surface area contributed by atoms with Crippen LogP contribution in [-0.4, -0.2) is 32.8 Å². The molecule has 0 spiro atoms. The summed E-state index contributed by atoms with van der Waals surface area (Å²) in [6, 6.07) is 0. The minimum atomic E-state index is 0.501. The van der Waals surface area contributed by atoms with Gasteiger partial charge < -0.3 is 5.32 Å². The van der Waals surface area contributed by atoms with Gasteiger partial charge in [-0.15, -0.1) is 0 Å². The first kappa shape index (κ1) is 13.2. The molecular weight excluding hydrogens is 250 g/mol. The number of aromatic nitrogens is 4. The van der Waals surface area contributed by atoms with E-state index in [-0.39, 0.29) is 0 Å². The molecule has 0 aromatic carbocycles. The van der Waals surface area contributed by atoms with Crippen LogP contribution in [0, 0.1) is 13.8 Å². The Kier molecular flexibility index (Phi) is 3.53. The van der Waals surface area contributed by atoms with Gasteiger partial charge >= 0.3 is 0 Å². The zero-order valence-corrected chi connectivity index (χ0v) is 12.3. The minimum absolute atomic E-state index is 0.501. The summed E-state index contributed by atoms with van der Waals surface area (Å²) in [4.78, 5) is 9.25. The van der Waals surface area contributed by atoms with Crippen LogP contribution in [0.1, 0.15) is 35.8 Å². The lowest BCUT2D eigenvalue weighted by Gasteiger charge is -2.21. The maximum absolute atomic E-state index is 4.63. The van der Waals surface area contributed by atoms with Crippen LogP contribution in [0.3, 0.4) is 0 Å². The van der Waals surface area contributed by atoms with Crippen LogP contribution < -0.4 is 5.32 Å². The molecule has 5 heteroatoms. The van der Waals surface area contributed by atoms with E-state index < -0.39 is 0 Å². The van der Waals surface area contributed by atoms with Crippen molar-refractivity contribution in [3.63, 3.8) is 0 Å². The molecule has 2 aromatic heterocycles. The highest BCUT2D eigenvalue weighted by Crippen LogP contribution is 2.26. The van der Waals surface area contributed by atoms with Crippen molar-refractivity contribution in [3.05, 3.63) is 29.5 Å². The molecule has 0 bridgehead atoms. The van der Waals surface area contributed by atoms with Gasteiger partial charge in [0.05, 0.1) is 23.3 Å². The number of nitrogens with zero attached hydrogens (tertiary/aromatic N) is 4. The van der Waals surface area contributed by atoms with Gasteiger partial charge in [-0.25, -0.2) is 0 Å². The first-order valence-electron chi connectivity index (χ1n) is 7.20. The molecule has 5 nitrogen and oxygen atoms in total. The fraction of sp³-hybridized carbons (Fsp3) is 0.533. The maximum Gasteiger partial charge on any atom is 0.0922 e. The van der Waals surface area contributed by atoms with Crippen LogP contribution in [-0.2, 0) is 7.05 Å². The third-order valence-electron chi connectivity index (χ3n) is 4.15. The average molecular weight is 271 g/mol. The summed E-state index contributed by atoms with van der Waals surface area (Å²) < 4.78 is 1.89. The van der Waals surface area contributed by atoms with Crippen molar-refractivity contribution in [2.24, 2.45) is 7.05 Å². The van der Waals surface area contributed by atoms with Crippen molar-refractivity contribution < 1.29 is 0 Å². The highest BCUT2D eigenvalue weighted by Gasteiger charge is 2.18. The average Bonchev–Trinajstić information content (AvgIpc) is 2.73. The van der Waals surface area contributed by atoms with E-state index in [9.17, 15) is 0 Å². The normalized spacial score (nSPS) is 19.2. The van der Waals surface area contributed by atoms with Gasteiger partial charge in [0.25, 0.3) is 0 Å². The minimum Gasteiger partial charge on any atom is -0.316 e. The SMILES string of the molecule is Cc1nn(C)c(C)c1-c1cnc([C@@H]2CCCNC2)cn1. The van der Waals surface area contributed by atoms with Crippen LogP contribution in [0.2, 0.25) is 0 Å². The molecule has 0 aliphatic carbocycles. The molecule has 1 aliphatic heterocycles. The van der Waals surface area contributed by atoms with Gasteiger partial charge in [0.1, 0.15) is 0 Å². The van der Waals surface area contributed by atoms with Crippen molar-refractivity contribution in [3.8, 4) is 11.3 Å². The van der Waals surface area contributed by atoms with Crippen molar-refractivity contribution in [1.29, 1.82) is 0 Å². The monoisotopic (exact) mass is 271 g/mol. The van der Waals surface area contributed by atoms with Crippen molar-refractivity contribution in [2.75, 3.05) is 13.1 Å². The summed E-state index contributed by atoms with van der Waals surface area (Å²) in [5, 5.41) is 7.86. The Morgan fingerprint density at radius 1 is 1.25 bits per heavy atom. The van der Waals surface area contributed by atoms with Crippen molar-refractivity contribution >= 4 is 0 Å². The zero-order valence-electron chi connectivity index (χ0n) is 12.3. The molecule has 0 unspecified atom stereocenters. The second kappa shape index (κ2) is 5.32. The number of hydrogen-bond acceptors (Lipinski definition) is 4. The number of rotatable bonds is 2. The molecule has 1 aliphatic rings. The lowest BCUT2D eigenvalue weighted by atomic mass is 9.96. The molecule has 2 aromatic rings. The Morgan fingerprint density at radius 3 is 2.65 bits per heavy atom. The molecule has 0 radical (unpaired) electrons. The largest absolute Gasteiger partial charge is 0.316 e. The van der Waals surface area contributed by atoms with E-state index in [1.807, 2.05) is 31.0 Å². The van der Waals surface area contributed by atoms with Crippen LogP contribution in [0.15, 0.2) is 12.4 Å². The van der Waals surface area contributed by atoms with E-state index >= 15 is 0 Å². The van der Waals surface area contributed by atoms with Gasteiger partial charge in [-0.2, -0.15) is 5.10 Å². The molecule has 1 atom stereocenters. The van der Waals surface area contributed by atoms with Gasteiger partial charge in [-0.05, 0) is 33.2 Å². The quantitative estimate of drug-likeness (QED) is 0.907. The van der Waals surface area contributed by atoms with E-state index in [0.29, 0.717) is 5.92 Å². The summed E-state index contributed by atoms with van der Waals surface area (Å²) in [7, 11) is 1.96. The van der Waals surface area contributed by atoms with Gasteiger partial charge in [0.2, 0.25) is 0 Å². The number of aryl methyl sites for hydroxylation is 2. The molecule has 106 valence electrons. The molecule has 1 saturated heterocycles. The number of hydrogen-bond donors (Lipinski definition) is 1. The molecule has 20 heavy (non-hydrogen) atoms. The van der Waals surface area contributed by atoms with Gasteiger partial charge in [0, 0.05) is 37.0 Å². The van der Waals surface area contributed by atoms with E-state index in [1.54, 1.807) is 0 Å². The number of nitrogens with one attached hydrogen (secondary N) is 1. The Labute approximate surface area is 119 Å². The zero-order chi connectivity index (χ0) is 14.1. The molecule has 0 amide bonds. The van der Waals surface area contributed by atoms with Crippen LogP contribution in [0.5, 0.6) is 0 Å². The lowest BCUT2D eigenvalue weighted by Crippen LogP contribution is -2.28. The summed E-state index contributed by atoms with van der Waals surface area (Å²) in [5.74, 6) is 0.501. The second-order valence-corrected chi connectivity index (χ2v) is 5.54. The Balaban J connectivity index is 1.89. The molecule has 1 fully saturated rings. The third-order valence-corrected chi connectivity index (χ3v) is 4.15. The second-order valence-electron chi connectivity index (χ2n) is 5.54. The van der Waals surface area contributed by atoms with E-state index in [4.69, 9.17) is 0 Å². The van der Waals surface area contributed by atoms with E-state index in [0.717, 1.165) is 41.4 Å². The van der Waals surface area contributed by atoms with Crippen LogP contribution in [0.25, 0.3) is 11.3 Å². The van der Waals surface area contributed by atoms with Crippen molar-refractivity contribution in [1.82, 2.24) is 25.1 Å². The molecule has 1 N–H and O–H groups in total. The Bertz CT molecular complexity index is 593. The summed E-state index contributed by atoms with van der Waals surface area (Å²) in [6.45, 7) is 6.22. The van der Waals surface area contributed by atoms with E-state index in [2.05, 4.69) is 27.3 Å². The molecule has 3 rings (SSSR count). The molecular formula is C15H21N5. The van der Waals surface area contributed by atoms with E-state index in [1.165, 1.54) is 12.8 Å². The first-order chi connectivity index (χ1) is 9.66. The predicted molar refractivity (Wildman–Crippen MR) is 78.6 cm³/mol. The lowest BCUT2D eigenvalue weighted by molar-refractivity contribution is 0.454. The van der Waals surface area contributed by atoms with Gasteiger partial charge in [-0.3, -0.25) is 14.6 Å². The highest BCUT2D eigenvalue weighted by molar-refractivity contribution is 5.63. The van der Waals surface area contributed by atoms with Crippen LogP contribution in [0.4, 0.5) is 0 Å². The van der Waals surface area contributed by atoms with Crippen LogP contribution >= 0.6 is 0 Å². The molecule has 3 heterocycles.